The van der Waals surface area contributed by atoms with Gasteiger partial charge in [-0.2, -0.15) is 0 Å². The fraction of sp³-hybridized carbons (Fsp3) is 0.263. The van der Waals surface area contributed by atoms with Gasteiger partial charge in [0.1, 0.15) is 5.03 Å². The Labute approximate surface area is 162 Å². The SMILES string of the molecule is Cc1ncccc1Cn1cnc(C(C)C)c1Sc1cc(Cl)cc(Cl)c1. The van der Waals surface area contributed by atoms with E-state index in [0.717, 1.165) is 27.9 Å². The van der Waals surface area contributed by atoms with Crippen molar-refractivity contribution in [3.05, 3.63) is 69.9 Å². The number of benzene rings is 1. The van der Waals surface area contributed by atoms with E-state index in [-0.39, 0.29) is 0 Å². The third kappa shape index (κ3) is 4.38. The van der Waals surface area contributed by atoms with Gasteiger partial charge in [-0.3, -0.25) is 4.98 Å². The zero-order chi connectivity index (χ0) is 18.0. The van der Waals surface area contributed by atoms with Crippen molar-refractivity contribution in [1.29, 1.82) is 0 Å². The molecular weight excluding hydrogens is 373 g/mol. The summed E-state index contributed by atoms with van der Waals surface area (Å²) in [6.07, 6.45) is 3.71. The number of nitrogens with zero attached hydrogens (tertiary/aromatic N) is 3. The van der Waals surface area contributed by atoms with Crippen molar-refractivity contribution in [2.75, 3.05) is 0 Å². The predicted molar refractivity (Wildman–Crippen MR) is 105 cm³/mol. The number of aryl methyl sites for hydroxylation is 1. The van der Waals surface area contributed by atoms with Gasteiger partial charge in [0, 0.05) is 26.8 Å². The molecular formula is C19H19Cl2N3S. The summed E-state index contributed by atoms with van der Waals surface area (Å²) >= 11 is 13.9. The zero-order valence-electron chi connectivity index (χ0n) is 14.3. The van der Waals surface area contributed by atoms with E-state index in [1.165, 1.54) is 5.56 Å². The molecule has 130 valence electrons. The maximum Gasteiger partial charge on any atom is 0.103 e. The molecule has 0 aliphatic rings. The molecule has 2 heterocycles. The van der Waals surface area contributed by atoms with E-state index in [2.05, 4.69) is 34.4 Å². The van der Waals surface area contributed by atoms with Gasteiger partial charge in [0.05, 0.1) is 18.6 Å². The molecule has 0 N–H and O–H groups in total. The molecule has 0 radical (unpaired) electrons. The summed E-state index contributed by atoms with van der Waals surface area (Å²) in [7, 11) is 0. The maximum atomic E-state index is 6.15. The van der Waals surface area contributed by atoms with Crippen molar-refractivity contribution in [3.63, 3.8) is 0 Å². The number of rotatable bonds is 5. The van der Waals surface area contributed by atoms with Crippen molar-refractivity contribution < 1.29 is 0 Å². The molecule has 6 heteroatoms. The van der Waals surface area contributed by atoms with Gasteiger partial charge in [-0.05, 0) is 42.7 Å². The summed E-state index contributed by atoms with van der Waals surface area (Å²) < 4.78 is 2.17. The lowest BCUT2D eigenvalue weighted by Gasteiger charge is -2.13. The lowest BCUT2D eigenvalue weighted by molar-refractivity contribution is 0.702. The molecule has 0 aliphatic carbocycles. The molecule has 1 aromatic carbocycles. The summed E-state index contributed by atoms with van der Waals surface area (Å²) in [5.41, 5.74) is 3.29. The molecule has 3 nitrogen and oxygen atoms in total. The lowest BCUT2D eigenvalue weighted by Crippen LogP contribution is -2.03. The van der Waals surface area contributed by atoms with Gasteiger partial charge in [-0.1, -0.05) is 54.9 Å². The molecule has 0 amide bonds. The molecule has 0 spiro atoms. The van der Waals surface area contributed by atoms with E-state index >= 15 is 0 Å². The number of hydrogen-bond donors (Lipinski definition) is 0. The standard InChI is InChI=1S/C19H19Cl2N3S/c1-12(2)18-19(25-17-8-15(20)7-16(21)9-17)24(11-23-18)10-14-5-4-6-22-13(14)3/h4-9,11-12H,10H2,1-3H3. The average molecular weight is 392 g/mol. The first kappa shape index (κ1) is 18.3. The highest BCUT2D eigenvalue weighted by Crippen LogP contribution is 2.36. The van der Waals surface area contributed by atoms with Gasteiger partial charge in [-0.15, -0.1) is 0 Å². The first-order valence-corrected chi connectivity index (χ1v) is 9.60. The van der Waals surface area contributed by atoms with Crippen LogP contribution in [0.25, 0.3) is 0 Å². The van der Waals surface area contributed by atoms with Crippen LogP contribution in [-0.2, 0) is 6.54 Å². The monoisotopic (exact) mass is 391 g/mol. The maximum absolute atomic E-state index is 6.15. The molecule has 0 atom stereocenters. The van der Waals surface area contributed by atoms with Crippen molar-refractivity contribution >= 4 is 35.0 Å². The Morgan fingerprint density at radius 3 is 2.48 bits per heavy atom. The van der Waals surface area contributed by atoms with Crippen LogP contribution in [0.2, 0.25) is 10.0 Å². The van der Waals surface area contributed by atoms with Crippen LogP contribution in [0.15, 0.2) is 52.8 Å². The van der Waals surface area contributed by atoms with Crippen LogP contribution >= 0.6 is 35.0 Å². The third-order valence-electron chi connectivity index (χ3n) is 3.87. The van der Waals surface area contributed by atoms with Crippen LogP contribution in [-0.4, -0.2) is 14.5 Å². The van der Waals surface area contributed by atoms with Gasteiger partial charge >= 0.3 is 0 Å². The summed E-state index contributed by atoms with van der Waals surface area (Å²) in [4.78, 5) is 10.0. The Balaban J connectivity index is 1.98. The van der Waals surface area contributed by atoms with E-state index in [4.69, 9.17) is 23.2 Å². The Morgan fingerprint density at radius 2 is 1.84 bits per heavy atom. The van der Waals surface area contributed by atoms with Crippen molar-refractivity contribution in [3.8, 4) is 0 Å². The smallest absolute Gasteiger partial charge is 0.103 e. The van der Waals surface area contributed by atoms with Gasteiger partial charge in [0.15, 0.2) is 0 Å². The Bertz CT molecular complexity index is 870. The highest BCUT2D eigenvalue weighted by molar-refractivity contribution is 7.99. The summed E-state index contributed by atoms with van der Waals surface area (Å²) in [6.45, 7) is 7.06. The molecule has 0 unspecified atom stereocenters. The number of halogens is 2. The minimum atomic E-state index is 0.327. The molecule has 0 aliphatic heterocycles. The fourth-order valence-electron chi connectivity index (χ4n) is 2.57. The summed E-state index contributed by atoms with van der Waals surface area (Å²) in [6, 6.07) is 9.66. The molecule has 25 heavy (non-hydrogen) atoms. The largest absolute Gasteiger partial charge is 0.321 e. The van der Waals surface area contributed by atoms with Crippen LogP contribution in [0, 0.1) is 6.92 Å². The fourth-order valence-corrected chi connectivity index (χ4v) is 4.45. The molecule has 3 aromatic rings. The van der Waals surface area contributed by atoms with Gasteiger partial charge < -0.3 is 4.57 Å². The highest BCUT2D eigenvalue weighted by Gasteiger charge is 2.17. The van der Waals surface area contributed by atoms with Crippen LogP contribution in [0.3, 0.4) is 0 Å². The van der Waals surface area contributed by atoms with Crippen LogP contribution in [0.1, 0.15) is 36.7 Å². The second-order valence-corrected chi connectivity index (χ2v) is 8.11. The van der Waals surface area contributed by atoms with E-state index in [9.17, 15) is 0 Å². The van der Waals surface area contributed by atoms with Crippen LogP contribution in [0.4, 0.5) is 0 Å². The zero-order valence-corrected chi connectivity index (χ0v) is 16.7. The Morgan fingerprint density at radius 1 is 1.12 bits per heavy atom. The van der Waals surface area contributed by atoms with E-state index in [1.807, 2.05) is 37.6 Å². The average Bonchev–Trinajstić information content (AvgIpc) is 2.91. The Kier molecular flexibility index (Phi) is 5.72. The van der Waals surface area contributed by atoms with Gasteiger partial charge in [-0.25, -0.2) is 4.98 Å². The number of imidazole rings is 1. The number of hydrogen-bond acceptors (Lipinski definition) is 3. The highest BCUT2D eigenvalue weighted by atomic mass is 35.5. The van der Waals surface area contributed by atoms with E-state index in [0.29, 0.717) is 16.0 Å². The molecule has 0 saturated heterocycles. The number of aromatic nitrogens is 3. The van der Waals surface area contributed by atoms with Crippen molar-refractivity contribution in [2.45, 2.75) is 43.2 Å². The predicted octanol–water partition coefficient (Wildman–Crippen LogP) is 6.22. The third-order valence-corrected chi connectivity index (χ3v) is 5.42. The van der Waals surface area contributed by atoms with Gasteiger partial charge in [0.2, 0.25) is 0 Å². The van der Waals surface area contributed by atoms with Crippen LogP contribution in [0.5, 0.6) is 0 Å². The minimum absolute atomic E-state index is 0.327. The van der Waals surface area contributed by atoms with Crippen molar-refractivity contribution in [1.82, 2.24) is 14.5 Å². The lowest BCUT2D eigenvalue weighted by atomic mass is 10.1. The first-order chi connectivity index (χ1) is 11.9. The summed E-state index contributed by atoms with van der Waals surface area (Å²) in [5.74, 6) is 0.327. The first-order valence-electron chi connectivity index (χ1n) is 8.03. The second kappa shape index (κ2) is 7.81. The minimum Gasteiger partial charge on any atom is -0.321 e. The quantitative estimate of drug-likeness (QED) is 0.517. The topological polar surface area (TPSA) is 30.7 Å². The molecule has 2 aromatic heterocycles. The van der Waals surface area contributed by atoms with Gasteiger partial charge in [0.25, 0.3) is 0 Å². The normalized spacial score (nSPS) is 11.3. The number of pyridine rings is 1. The molecule has 0 bridgehead atoms. The summed E-state index contributed by atoms with van der Waals surface area (Å²) in [5, 5.41) is 2.38. The van der Waals surface area contributed by atoms with Crippen LogP contribution < -0.4 is 0 Å². The van der Waals surface area contributed by atoms with E-state index < -0.39 is 0 Å². The molecule has 0 fully saturated rings. The van der Waals surface area contributed by atoms with E-state index in [1.54, 1.807) is 17.8 Å². The molecule has 3 rings (SSSR count). The second-order valence-electron chi connectivity index (χ2n) is 6.17. The Hall–Kier alpha value is -1.49. The van der Waals surface area contributed by atoms with Crippen molar-refractivity contribution in [2.24, 2.45) is 0 Å². The molecule has 0 saturated carbocycles.